The van der Waals surface area contributed by atoms with Crippen molar-refractivity contribution in [2.24, 2.45) is 11.1 Å². The summed E-state index contributed by atoms with van der Waals surface area (Å²) in [6.45, 7) is 4.32. The van der Waals surface area contributed by atoms with Crippen molar-refractivity contribution in [1.29, 1.82) is 5.26 Å². The molecule has 0 atom stereocenters. The lowest BCUT2D eigenvalue weighted by molar-refractivity contribution is 0.131. The summed E-state index contributed by atoms with van der Waals surface area (Å²) in [5, 5.41) is 12.4. The Morgan fingerprint density at radius 2 is 2.27 bits per heavy atom. The number of nitriles is 1. The molecule has 0 amide bonds. The zero-order valence-electron chi connectivity index (χ0n) is 8.90. The monoisotopic (exact) mass is 201 g/mol. The van der Waals surface area contributed by atoms with E-state index in [4.69, 9.17) is 10.1 Å². The number of benzene rings is 1. The first kappa shape index (κ1) is 11.3. The Balaban J connectivity index is 2.48. The molecule has 15 heavy (non-hydrogen) atoms. The molecule has 1 aromatic carbocycles. The van der Waals surface area contributed by atoms with Gasteiger partial charge in [0.25, 0.3) is 0 Å². The van der Waals surface area contributed by atoms with Gasteiger partial charge in [-0.2, -0.15) is 5.26 Å². The van der Waals surface area contributed by atoms with Gasteiger partial charge in [-0.1, -0.05) is 31.1 Å². The summed E-state index contributed by atoms with van der Waals surface area (Å²) < 4.78 is 0. The SMILES string of the molecule is CC(C)/[C]=N\OCc1cccc(C#N)c1. The molecular formula is C12H13N2O. The van der Waals surface area contributed by atoms with E-state index in [0.717, 1.165) is 5.56 Å². The average Bonchev–Trinajstić information content (AvgIpc) is 2.24. The van der Waals surface area contributed by atoms with Crippen LogP contribution in [-0.2, 0) is 11.4 Å². The first-order valence-electron chi connectivity index (χ1n) is 4.79. The maximum absolute atomic E-state index is 8.68. The molecule has 1 aromatic rings. The molecule has 0 saturated carbocycles. The van der Waals surface area contributed by atoms with Crippen LogP contribution in [0, 0.1) is 17.2 Å². The molecule has 3 nitrogen and oxygen atoms in total. The third-order valence-electron chi connectivity index (χ3n) is 1.66. The Morgan fingerprint density at radius 1 is 1.47 bits per heavy atom. The number of nitrogens with zero attached hydrogens (tertiary/aromatic N) is 2. The molecule has 0 spiro atoms. The summed E-state index contributed by atoms with van der Waals surface area (Å²) in [5.74, 6) is 0.260. The van der Waals surface area contributed by atoms with E-state index < -0.39 is 0 Å². The van der Waals surface area contributed by atoms with Crippen molar-refractivity contribution < 1.29 is 4.84 Å². The van der Waals surface area contributed by atoms with E-state index in [-0.39, 0.29) is 5.92 Å². The predicted molar refractivity (Wildman–Crippen MR) is 58.2 cm³/mol. The van der Waals surface area contributed by atoms with E-state index in [1.54, 1.807) is 12.1 Å². The fraction of sp³-hybridized carbons (Fsp3) is 0.333. The molecule has 0 heterocycles. The molecule has 0 unspecified atom stereocenters. The van der Waals surface area contributed by atoms with Gasteiger partial charge in [0, 0.05) is 5.92 Å². The van der Waals surface area contributed by atoms with Crippen molar-refractivity contribution in [3.8, 4) is 6.07 Å². The maximum Gasteiger partial charge on any atom is 0.142 e. The van der Waals surface area contributed by atoms with Crippen molar-refractivity contribution in [1.82, 2.24) is 0 Å². The Kier molecular flexibility index (Phi) is 4.36. The average molecular weight is 201 g/mol. The van der Waals surface area contributed by atoms with Crippen LogP contribution in [0.3, 0.4) is 0 Å². The van der Waals surface area contributed by atoms with Gasteiger partial charge in [-0.3, -0.25) is 0 Å². The van der Waals surface area contributed by atoms with Crippen LogP contribution < -0.4 is 0 Å². The summed E-state index contributed by atoms with van der Waals surface area (Å²) >= 11 is 0. The Morgan fingerprint density at radius 3 is 2.93 bits per heavy atom. The fourth-order valence-electron chi connectivity index (χ4n) is 0.980. The first-order chi connectivity index (χ1) is 7.22. The second kappa shape index (κ2) is 5.82. The molecule has 77 valence electrons. The standard InChI is InChI=1S/C12H13N2O/c1-10(2)8-14-15-9-12-5-3-4-11(6-12)7-13/h3-6,10H,9H2,1-2H3. The lowest BCUT2D eigenvalue weighted by Gasteiger charge is -2.00. The van der Waals surface area contributed by atoms with E-state index in [1.807, 2.05) is 26.0 Å². The molecule has 0 aromatic heterocycles. The molecule has 1 radical (unpaired) electrons. The van der Waals surface area contributed by atoms with E-state index in [1.165, 1.54) is 0 Å². The quantitative estimate of drug-likeness (QED) is 0.555. The Bertz CT molecular complexity index is 377. The zero-order chi connectivity index (χ0) is 11.1. The van der Waals surface area contributed by atoms with Crippen LogP contribution in [0.15, 0.2) is 29.4 Å². The van der Waals surface area contributed by atoms with Gasteiger partial charge in [-0.25, -0.2) is 0 Å². The van der Waals surface area contributed by atoms with Gasteiger partial charge >= 0.3 is 0 Å². The number of hydrogen-bond donors (Lipinski definition) is 0. The molecule has 0 aliphatic rings. The topological polar surface area (TPSA) is 45.4 Å². The molecule has 1 rings (SSSR count). The zero-order valence-corrected chi connectivity index (χ0v) is 8.90. The molecule has 0 fully saturated rings. The van der Waals surface area contributed by atoms with Crippen LogP contribution in [0.2, 0.25) is 0 Å². The van der Waals surface area contributed by atoms with Crippen molar-refractivity contribution in [2.75, 3.05) is 0 Å². The van der Waals surface area contributed by atoms with Gasteiger partial charge in [0.2, 0.25) is 0 Å². The van der Waals surface area contributed by atoms with Gasteiger partial charge in [-0.05, 0) is 17.7 Å². The van der Waals surface area contributed by atoms with E-state index >= 15 is 0 Å². The van der Waals surface area contributed by atoms with Crippen molar-refractivity contribution in [3.05, 3.63) is 35.4 Å². The first-order valence-corrected chi connectivity index (χ1v) is 4.79. The molecule has 0 N–H and O–H groups in total. The minimum atomic E-state index is 0.260. The highest BCUT2D eigenvalue weighted by atomic mass is 16.6. The van der Waals surface area contributed by atoms with Gasteiger partial charge in [0.05, 0.1) is 11.6 Å². The highest BCUT2D eigenvalue weighted by molar-refractivity contribution is 5.58. The number of hydrogen-bond acceptors (Lipinski definition) is 3. The summed E-state index contributed by atoms with van der Waals surface area (Å²) in [6, 6.07) is 9.33. The van der Waals surface area contributed by atoms with Crippen LogP contribution in [0.4, 0.5) is 0 Å². The maximum atomic E-state index is 8.68. The third-order valence-corrected chi connectivity index (χ3v) is 1.66. The second-order valence-electron chi connectivity index (χ2n) is 3.46. The van der Waals surface area contributed by atoms with Gasteiger partial charge in [0.1, 0.15) is 12.8 Å². The molecule has 0 saturated heterocycles. The van der Waals surface area contributed by atoms with E-state index in [9.17, 15) is 0 Å². The molecule has 0 aliphatic carbocycles. The van der Waals surface area contributed by atoms with Crippen LogP contribution in [0.25, 0.3) is 0 Å². The van der Waals surface area contributed by atoms with Crippen LogP contribution in [0.1, 0.15) is 25.0 Å². The van der Waals surface area contributed by atoms with Crippen LogP contribution >= 0.6 is 0 Å². The minimum Gasteiger partial charge on any atom is -0.391 e. The van der Waals surface area contributed by atoms with Gasteiger partial charge in [-0.15, -0.1) is 0 Å². The molecule has 3 heteroatoms. The minimum absolute atomic E-state index is 0.260. The Hall–Kier alpha value is -1.82. The van der Waals surface area contributed by atoms with Gasteiger partial charge in [0.15, 0.2) is 0 Å². The largest absolute Gasteiger partial charge is 0.391 e. The highest BCUT2D eigenvalue weighted by Gasteiger charge is 1.95. The smallest absolute Gasteiger partial charge is 0.142 e. The fourth-order valence-corrected chi connectivity index (χ4v) is 0.980. The van der Waals surface area contributed by atoms with Crippen LogP contribution in [0.5, 0.6) is 0 Å². The van der Waals surface area contributed by atoms with Gasteiger partial charge < -0.3 is 4.84 Å². The lowest BCUT2D eigenvalue weighted by atomic mass is 10.1. The summed E-state index contributed by atoms with van der Waals surface area (Å²) in [7, 11) is 0. The molecule has 0 bridgehead atoms. The summed E-state index contributed by atoms with van der Waals surface area (Å²) in [6.07, 6.45) is 2.78. The van der Waals surface area contributed by atoms with Crippen LogP contribution in [-0.4, -0.2) is 6.21 Å². The molecule has 0 aliphatic heterocycles. The highest BCUT2D eigenvalue weighted by Crippen LogP contribution is 2.05. The van der Waals surface area contributed by atoms with Crippen molar-refractivity contribution in [2.45, 2.75) is 20.5 Å². The summed E-state index contributed by atoms with van der Waals surface area (Å²) in [4.78, 5) is 5.03. The van der Waals surface area contributed by atoms with Crippen molar-refractivity contribution >= 4 is 6.21 Å². The summed E-state index contributed by atoms with van der Waals surface area (Å²) in [5.41, 5.74) is 1.57. The Labute approximate surface area is 90.0 Å². The predicted octanol–water partition coefficient (Wildman–Crippen LogP) is 2.59. The van der Waals surface area contributed by atoms with E-state index in [0.29, 0.717) is 12.2 Å². The van der Waals surface area contributed by atoms with E-state index in [2.05, 4.69) is 17.4 Å². The normalized spacial score (nSPS) is 10.5. The van der Waals surface area contributed by atoms with Crippen molar-refractivity contribution in [3.63, 3.8) is 0 Å². The third kappa shape index (κ3) is 4.28. The second-order valence-corrected chi connectivity index (χ2v) is 3.46. The lowest BCUT2D eigenvalue weighted by Crippen LogP contribution is -1.91. The molecular weight excluding hydrogens is 188 g/mol. The number of rotatable bonds is 4.